The van der Waals surface area contributed by atoms with Crippen LogP contribution in [0.2, 0.25) is 0 Å². The zero-order valence-corrected chi connectivity index (χ0v) is 21.4. The first-order chi connectivity index (χ1) is 17.5. The van der Waals surface area contributed by atoms with E-state index in [0.717, 1.165) is 6.42 Å². The largest absolute Gasteiger partial charge is 0.444 e. The zero-order chi connectivity index (χ0) is 26.5. The van der Waals surface area contributed by atoms with Crippen LogP contribution in [0.5, 0.6) is 0 Å². The molecular formula is C26H33N5O6. The fourth-order valence-electron chi connectivity index (χ4n) is 5.67. The van der Waals surface area contributed by atoms with Crippen LogP contribution in [-0.2, 0) is 25.7 Å². The maximum Gasteiger partial charge on any atom is 0.410 e. The summed E-state index contributed by atoms with van der Waals surface area (Å²) in [5.41, 5.74) is 1.17. The Morgan fingerprint density at radius 3 is 2.54 bits per heavy atom. The second kappa shape index (κ2) is 9.44. The Kier molecular flexibility index (Phi) is 6.43. The molecule has 5 aliphatic rings. The molecule has 0 aliphatic carbocycles. The van der Waals surface area contributed by atoms with Crippen LogP contribution in [0.25, 0.3) is 0 Å². The molecule has 3 atom stereocenters. The molecule has 4 saturated heterocycles. The van der Waals surface area contributed by atoms with Crippen LogP contribution in [0.1, 0.15) is 62.4 Å². The van der Waals surface area contributed by atoms with E-state index in [1.807, 2.05) is 25.7 Å². The Morgan fingerprint density at radius 1 is 1.14 bits per heavy atom. The minimum Gasteiger partial charge on any atom is -0.444 e. The van der Waals surface area contributed by atoms with Crippen LogP contribution in [0, 0.1) is 0 Å². The molecule has 0 saturated carbocycles. The molecule has 11 nitrogen and oxygen atoms in total. The van der Waals surface area contributed by atoms with Crippen LogP contribution >= 0.6 is 0 Å². The number of nitrogens with one attached hydrogen (secondary N) is 2. The van der Waals surface area contributed by atoms with E-state index >= 15 is 0 Å². The quantitative estimate of drug-likeness (QED) is 0.573. The van der Waals surface area contributed by atoms with E-state index < -0.39 is 17.6 Å². The molecule has 198 valence electrons. The average Bonchev–Trinajstić information content (AvgIpc) is 3.14. The van der Waals surface area contributed by atoms with E-state index in [2.05, 4.69) is 15.5 Å². The lowest BCUT2D eigenvalue weighted by molar-refractivity contribution is -0.137. The number of piperazine rings is 1. The number of anilines is 1. The Labute approximate surface area is 215 Å². The lowest BCUT2D eigenvalue weighted by Gasteiger charge is -2.55. The molecule has 11 heteroatoms. The third kappa shape index (κ3) is 5.04. The third-order valence-corrected chi connectivity index (χ3v) is 7.38. The number of hydrogen-bond donors (Lipinski definition) is 2. The van der Waals surface area contributed by atoms with E-state index in [-0.39, 0.29) is 61.7 Å². The molecule has 3 unspecified atom stereocenters. The summed E-state index contributed by atoms with van der Waals surface area (Å²) in [6.45, 7) is 7.75. The number of hydrogen-bond acceptors (Lipinski definition) is 7. The van der Waals surface area contributed by atoms with E-state index in [1.54, 1.807) is 18.2 Å². The van der Waals surface area contributed by atoms with Crippen molar-refractivity contribution in [1.29, 1.82) is 0 Å². The zero-order valence-electron chi connectivity index (χ0n) is 21.4. The Balaban J connectivity index is 1.14. The summed E-state index contributed by atoms with van der Waals surface area (Å²) >= 11 is 0. The fourth-order valence-corrected chi connectivity index (χ4v) is 5.67. The van der Waals surface area contributed by atoms with Crippen LogP contribution < -0.4 is 10.6 Å². The maximum absolute atomic E-state index is 13.0. The molecule has 0 aromatic heterocycles. The summed E-state index contributed by atoms with van der Waals surface area (Å²) < 4.78 is 5.52. The van der Waals surface area contributed by atoms with Gasteiger partial charge in [-0.2, -0.15) is 0 Å². The highest BCUT2D eigenvalue weighted by atomic mass is 16.6. The monoisotopic (exact) mass is 511 g/mol. The minimum absolute atomic E-state index is 0.110. The van der Waals surface area contributed by atoms with Gasteiger partial charge in [0.2, 0.25) is 17.7 Å². The van der Waals surface area contributed by atoms with Gasteiger partial charge in [-0.1, -0.05) is 6.07 Å². The molecule has 6 rings (SSSR count). The predicted octanol–water partition coefficient (Wildman–Crippen LogP) is 1.47. The van der Waals surface area contributed by atoms with E-state index in [4.69, 9.17) is 4.74 Å². The fraction of sp³-hybridized carbons (Fsp3) is 0.577. The summed E-state index contributed by atoms with van der Waals surface area (Å²) in [7, 11) is 0. The Hall–Kier alpha value is -3.47. The normalized spacial score (nSPS) is 25.4. The standard InChI is InChI=1S/C26H33N5O6/c1-26(2,3)37-25(36)31-15-11-16(31)13-29(12-15)10-9-22(33)27-19-6-4-5-17-18(19)14-30(24(17)35)20-7-8-21(32)28-23(20)34/h4-6,15-16,20H,7-14H2,1-3H3,(H,27,33)(H,28,32,34). The molecule has 0 radical (unpaired) electrons. The van der Waals surface area contributed by atoms with Crippen LogP contribution in [-0.4, -0.2) is 87.8 Å². The van der Waals surface area contributed by atoms with E-state index in [0.29, 0.717) is 36.4 Å². The number of rotatable bonds is 5. The summed E-state index contributed by atoms with van der Waals surface area (Å²) in [5.74, 6) is -1.24. The van der Waals surface area contributed by atoms with Gasteiger partial charge in [-0.15, -0.1) is 0 Å². The lowest BCUT2D eigenvalue weighted by Crippen LogP contribution is -2.70. The van der Waals surface area contributed by atoms with Crippen molar-refractivity contribution >= 4 is 35.4 Å². The molecule has 5 heterocycles. The van der Waals surface area contributed by atoms with Gasteiger partial charge in [0.05, 0.1) is 12.1 Å². The topological polar surface area (TPSA) is 128 Å². The number of amides is 5. The van der Waals surface area contributed by atoms with E-state index in [9.17, 15) is 24.0 Å². The summed E-state index contributed by atoms with van der Waals surface area (Å²) in [5, 5.41) is 5.23. The Bertz CT molecular complexity index is 1150. The number of ether oxygens (including phenoxy) is 1. The first kappa shape index (κ1) is 25.2. The van der Waals surface area contributed by atoms with Crippen LogP contribution in [0.3, 0.4) is 0 Å². The van der Waals surface area contributed by atoms with Crippen molar-refractivity contribution in [1.82, 2.24) is 20.0 Å². The molecule has 1 aromatic rings. The van der Waals surface area contributed by atoms with Crippen molar-refractivity contribution in [3.05, 3.63) is 29.3 Å². The molecular weight excluding hydrogens is 478 g/mol. The molecule has 2 bridgehead atoms. The van der Waals surface area contributed by atoms with Crippen molar-refractivity contribution in [2.75, 3.05) is 25.0 Å². The van der Waals surface area contributed by atoms with Crippen molar-refractivity contribution in [2.24, 2.45) is 0 Å². The molecule has 2 N–H and O–H groups in total. The summed E-state index contributed by atoms with van der Waals surface area (Å²) in [6.07, 6.45) is 1.43. The highest BCUT2D eigenvalue weighted by Crippen LogP contribution is 2.34. The number of imide groups is 1. The number of piperidine rings is 2. The SMILES string of the molecule is CC(C)(C)OC(=O)N1C2CC1CN(CCC(=O)Nc1cccc3c1CN(C1CCC(=O)NC1=O)C3=O)C2. The number of carbonyl (C=O) groups is 5. The maximum atomic E-state index is 13.0. The van der Waals surface area contributed by atoms with Gasteiger partial charge in [0, 0.05) is 55.8 Å². The first-order valence-corrected chi connectivity index (χ1v) is 12.8. The molecule has 4 fully saturated rings. The molecule has 0 spiro atoms. The number of fused-ring (bicyclic) bond motifs is 3. The predicted molar refractivity (Wildman–Crippen MR) is 132 cm³/mol. The van der Waals surface area contributed by atoms with Gasteiger partial charge < -0.3 is 15.0 Å². The number of benzene rings is 1. The van der Waals surface area contributed by atoms with Gasteiger partial charge in [0.25, 0.3) is 5.91 Å². The van der Waals surface area contributed by atoms with Crippen LogP contribution in [0.4, 0.5) is 10.5 Å². The molecule has 5 amide bonds. The minimum atomic E-state index is -0.702. The smallest absolute Gasteiger partial charge is 0.410 e. The number of carbonyl (C=O) groups excluding carboxylic acids is 5. The summed E-state index contributed by atoms with van der Waals surface area (Å²) in [4.78, 5) is 67.5. The van der Waals surface area contributed by atoms with Gasteiger partial charge >= 0.3 is 6.09 Å². The lowest BCUT2D eigenvalue weighted by atomic mass is 9.88. The highest BCUT2D eigenvalue weighted by molar-refractivity contribution is 6.06. The highest BCUT2D eigenvalue weighted by Gasteiger charge is 2.48. The van der Waals surface area contributed by atoms with Gasteiger partial charge in [-0.25, -0.2) is 4.79 Å². The first-order valence-electron chi connectivity index (χ1n) is 12.8. The average molecular weight is 512 g/mol. The second-order valence-corrected chi connectivity index (χ2v) is 11.2. The van der Waals surface area contributed by atoms with E-state index in [1.165, 1.54) is 4.90 Å². The van der Waals surface area contributed by atoms with Gasteiger partial charge in [0.1, 0.15) is 11.6 Å². The van der Waals surface area contributed by atoms with Crippen molar-refractivity contribution in [3.63, 3.8) is 0 Å². The molecule has 37 heavy (non-hydrogen) atoms. The Morgan fingerprint density at radius 2 is 1.86 bits per heavy atom. The van der Waals surface area contributed by atoms with Crippen molar-refractivity contribution in [2.45, 2.75) is 76.7 Å². The molecule has 1 aromatic carbocycles. The summed E-state index contributed by atoms with van der Waals surface area (Å²) in [6, 6.07) is 4.68. The number of nitrogens with zero attached hydrogens (tertiary/aromatic N) is 3. The van der Waals surface area contributed by atoms with Gasteiger partial charge in [-0.3, -0.25) is 34.3 Å². The van der Waals surface area contributed by atoms with Gasteiger partial charge in [0.15, 0.2) is 0 Å². The van der Waals surface area contributed by atoms with Crippen molar-refractivity contribution < 1.29 is 28.7 Å². The van der Waals surface area contributed by atoms with Gasteiger partial charge in [-0.05, 0) is 45.7 Å². The van der Waals surface area contributed by atoms with Crippen LogP contribution in [0.15, 0.2) is 18.2 Å². The molecule has 5 aliphatic heterocycles. The third-order valence-electron chi connectivity index (χ3n) is 7.38. The second-order valence-electron chi connectivity index (χ2n) is 11.2. The van der Waals surface area contributed by atoms with Crippen molar-refractivity contribution in [3.8, 4) is 0 Å².